The number of urea groups is 1. The molecule has 7 rings (SSSR count). The molecule has 2 aliphatic carbocycles. The SMILES string of the molecule is Cc1cccc(NC(=O)N[C@@H]2N=C(CC3CCCCC3)c3ccccc3N(CC(=O)N3CC4CCC(CC4)C3)C2=O)c1. The molecule has 0 unspecified atom stereocenters. The molecule has 3 heterocycles. The highest BCUT2D eigenvalue weighted by atomic mass is 16.2. The first-order valence-electron chi connectivity index (χ1n) is 15.8. The highest BCUT2D eigenvalue weighted by Gasteiger charge is 2.37. The Bertz CT molecular complexity index is 1330. The summed E-state index contributed by atoms with van der Waals surface area (Å²) in [6.07, 6.45) is 10.3. The third kappa shape index (κ3) is 6.53. The molecule has 2 saturated heterocycles. The quantitative estimate of drug-likeness (QED) is 0.454. The minimum absolute atomic E-state index is 0.0318. The van der Waals surface area contributed by atoms with E-state index in [1.165, 1.54) is 44.9 Å². The van der Waals surface area contributed by atoms with Crippen LogP contribution in [0.2, 0.25) is 0 Å². The molecule has 42 heavy (non-hydrogen) atoms. The van der Waals surface area contributed by atoms with Crippen molar-refractivity contribution in [1.29, 1.82) is 0 Å². The molecule has 2 N–H and O–H groups in total. The van der Waals surface area contributed by atoms with Crippen LogP contribution in [0.3, 0.4) is 0 Å². The van der Waals surface area contributed by atoms with Crippen LogP contribution >= 0.6 is 0 Å². The summed E-state index contributed by atoms with van der Waals surface area (Å²) in [7, 11) is 0. The third-order valence-corrected chi connectivity index (χ3v) is 9.61. The van der Waals surface area contributed by atoms with E-state index < -0.39 is 12.2 Å². The summed E-state index contributed by atoms with van der Waals surface area (Å²) in [4.78, 5) is 49.7. The molecule has 0 radical (unpaired) electrons. The standard InChI is InChI=1S/C34H43N5O3/c1-23-8-7-11-27(18-23)35-34(42)37-32-33(41)39(22-31(40)38-20-25-14-15-26(21-38)17-16-25)30-13-6-5-12-28(30)29(36-32)19-24-9-3-2-4-10-24/h5-8,11-13,18,24-26,32H,2-4,9-10,14-17,19-22H2,1H3,(H2,35,37,42)/t25?,26?,32-/m0/s1. The molecule has 222 valence electrons. The molecule has 5 aliphatic rings. The lowest BCUT2D eigenvalue weighted by atomic mass is 9.84. The molecule has 8 heteroatoms. The second kappa shape index (κ2) is 12.7. The number of benzodiazepines with no additional fused rings is 1. The van der Waals surface area contributed by atoms with E-state index in [2.05, 4.69) is 10.6 Å². The van der Waals surface area contributed by atoms with Crippen LogP contribution in [0.1, 0.15) is 75.3 Å². The largest absolute Gasteiger partial charge is 0.341 e. The average Bonchev–Trinajstić information content (AvgIpc) is 3.37. The Kier molecular flexibility index (Phi) is 8.58. The van der Waals surface area contributed by atoms with Crippen LogP contribution < -0.4 is 15.5 Å². The highest BCUT2D eigenvalue weighted by Crippen LogP contribution is 2.35. The number of para-hydroxylation sites is 1. The lowest BCUT2D eigenvalue weighted by molar-refractivity contribution is -0.132. The lowest BCUT2D eigenvalue weighted by Gasteiger charge is -2.29. The van der Waals surface area contributed by atoms with Gasteiger partial charge in [-0.1, -0.05) is 62.4 Å². The number of aryl methyl sites for hydroxylation is 1. The van der Waals surface area contributed by atoms with Crippen LogP contribution in [0, 0.1) is 24.7 Å². The number of nitrogens with one attached hydrogen (secondary N) is 2. The smallest absolute Gasteiger partial charge is 0.321 e. The molecule has 3 aliphatic heterocycles. The molecule has 2 bridgehead atoms. The summed E-state index contributed by atoms with van der Waals surface area (Å²) >= 11 is 0. The maximum Gasteiger partial charge on any atom is 0.321 e. The summed E-state index contributed by atoms with van der Waals surface area (Å²) in [5.74, 6) is 1.17. The Morgan fingerprint density at radius 1 is 0.905 bits per heavy atom. The summed E-state index contributed by atoms with van der Waals surface area (Å²) in [5, 5.41) is 5.70. The summed E-state index contributed by atoms with van der Waals surface area (Å²) in [5.41, 5.74) is 4.07. The van der Waals surface area contributed by atoms with Crippen molar-refractivity contribution in [1.82, 2.24) is 10.2 Å². The minimum atomic E-state index is -1.13. The Balaban J connectivity index is 1.29. The third-order valence-electron chi connectivity index (χ3n) is 9.61. The fourth-order valence-corrected chi connectivity index (χ4v) is 7.33. The Hall–Kier alpha value is -3.68. The summed E-state index contributed by atoms with van der Waals surface area (Å²) in [6, 6.07) is 14.8. The van der Waals surface area contributed by atoms with Gasteiger partial charge in [0.05, 0.1) is 5.69 Å². The maximum absolute atomic E-state index is 14.2. The number of anilines is 2. The monoisotopic (exact) mass is 569 g/mol. The Labute approximate surface area is 248 Å². The van der Waals surface area contributed by atoms with Gasteiger partial charge in [0.15, 0.2) is 0 Å². The van der Waals surface area contributed by atoms with Gasteiger partial charge in [-0.05, 0) is 80.5 Å². The van der Waals surface area contributed by atoms with Gasteiger partial charge in [-0.15, -0.1) is 0 Å². The number of rotatable bonds is 6. The number of hydrogen-bond acceptors (Lipinski definition) is 4. The Morgan fingerprint density at radius 3 is 2.33 bits per heavy atom. The summed E-state index contributed by atoms with van der Waals surface area (Å²) < 4.78 is 0. The number of carbonyl (C=O) groups is 3. The zero-order valence-corrected chi connectivity index (χ0v) is 24.7. The topological polar surface area (TPSA) is 94.1 Å². The first-order chi connectivity index (χ1) is 20.4. The van der Waals surface area contributed by atoms with Crippen LogP contribution in [0.5, 0.6) is 0 Å². The zero-order valence-electron chi connectivity index (χ0n) is 24.7. The van der Waals surface area contributed by atoms with Gasteiger partial charge in [0.1, 0.15) is 6.54 Å². The lowest BCUT2D eigenvalue weighted by Crippen LogP contribution is -2.51. The molecule has 2 saturated carbocycles. The summed E-state index contributed by atoms with van der Waals surface area (Å²) in [6.45, 7) is 3.44. The van der Waals surface area contributed by atoms with Gasteiger partial charge in [0.25, 0.3) is 5.91 Å². The van der Waals surface area contributed by atoms with Crippen LogP contribution in [0.25, 0.3) is 0 Å². The first-order valence-corrected chi connectivity index (χ1v) is 15.8. The van der Waals surface area contributed by atoms with Crippen molar-refractivity contribution < 1.29 is 14.4 Å². The van der Waals surface area contributed by atoms with Crippen molar-refractivity contribution in [2.45, 2.75) is 77.3 Å². The van der Waals surface area contributed by atoms with Crippen molar-refractivity contribution in [2.24, 2.45) is 22.7 Å². The van der Waals surface area contributed by atoms with Gasteiger partial charge >= 0.3 is 6.03 Å². The molecule has 4 amide bonds. The number of hydrogen-bond donors (Lipinski definition) is 2. The first kappa shape index (κ1) is 28.4. The fourth-order valence-electron chi connectivity index (χ4n) is 7.33. The number of aliphatic imine (C=N–C) groups is 1. The van der Waals surface area contributed by atoms with Crippen molar-refractivity contribution >= 4 is 34.9 Å². The molecule has 0 spiro atoms. The molecular weight excluding hydrogens is 526 g/mol. The van der Waals surface area contributed by atoms with Crippen LogP contribution in [0.4, 0.5) is 16.2 Å². The molecule has 2 aromatic carbocycles. The van der Waals surface area contributed by atoms with Gasteiger partial charge < -0.3 is 15.5 Å². The van der Waals surface area contributed by atoms with Gasteiger partial charge in [-0.3, -0.25) is 19.5 Å². The second-order valence-electron chi connectivity index (χ2n) is 12.8. The van der Waals surface area contributed by atoms with Crippen LogP contribution in [-0.2, 0) is 9.59 Å². The van der Waals surface area contributed by atoms with Crippen LogP contribution in [-0.4, -0.2) is 54.3 Å². The van der Waals surface area contributed by atoms with Crippen molar-refractivity contribution in [2.75, 3.05) is 29.9 Å². The fraction of sp³-hybridized carbons (Fsp3) is 0.529. The predicted molar refractivity (Wildman–Crippen MR) is 166 cm³/mol. The highest BCUT2D eigenvalue weighted by molar-refractivity contribution is 6.14. The second-order valence-corrected chi connectivity index (χ2v) is 12.8. The molecule has 0 aromatic heterocycles. The zero-order chi connectivity index (χ0) is 29.1. The van der Waals surface area contributed by atoms with Crippen molar-refractivity contribution in [3.63, 3.8) is 0 Å². The van der Waals surface area contributed by atoms with E-state index >= 15 is 0 Å². The number of amides is 4. The van der Waals surface area contributed by atoms with E-state index in [1.807, 2.05) is 60.4 Å². The minimum Gasteiger partial charge on any atom is -0.341 e. The number of nitrogens with zero attached hydrogens (tertiary/aromatic N) is 3. The van der Waals surface area contributed by atoms with E-state index in [4.69, 9.17) is 4.99 Å². The van der Waals surface area contributed by atoms with Gasteiger partial charge in [-0.25, -0.2) is 4.79 Å². The molecule has 4 fully saturated rings. The van der Waals surface area contributed by atoms with E-state index in [-0.39, 0.29) is 18.4 Å². The number of carbonyl (C=O) groups excluding carboxylic acids is 3. The molecule has 1 atom stereocenters. The van der Waals surface area contributed by atoms with Crippen molar-refractivity contribution in [3.8, 4) is 0 Å². The van der Waals surface area contributed by atoms with Gasteiger partial charge in [0, 0.05) is 30.1 Å². The number of benzene rings is 2. The predicted octanol–water partition coefficient (Wildman–Crippen LogP) is 5.90. The number of fused-ring (bicyclic) bond motifs is 5. The molecule has 8 nitrogen and oxygen atoms in total. The Morgan fingerprint density at radius 2 is 1.62 bits per heavy atom. The van der Waals surface area contributed by atoms with Crippen molar-refractivity contribution in [3.05, 3.63) is 59.7 Å². The molecular formula is C34H43N5O3. The normalized spacial score (nSPS) is 24.4. The van der Waals surface area contributed by atoms with E-state index in [9.17, 15) is 14.4 Å². The van der Waals surface area contributed by atoms with Gasteiger partial charge in [0.2, 0.25) is 12.1 Å². The van der Waals surface area contributed by atoms with Gasteiger partial charge in [-0.2, -0.15) is 0 Å². The van der Waals surface area contributed by atoms with E-state index in [0.29, 0.717) is 29.1 Å². The van der Waals surface area contributed by atoms with E-state index in [0.717, 1.165) is 49.2 Å². The van der Waals surface area contributed by atoms with Crippen LogP contribution in [0.15, 0.2) is 53.5 Å². The molecule has 2 aromatic rings. The van der Waals surface area contributed by atoms with E-state index in [1.54, 1.807) is 4.90 Å². The maximum atomic E-state index is 14.2. The average molecular weight is 570 g/mol.